The van der Waals surface area contributed by atoms with Crippen LogP contribution in [0, 0.1) is 5.92 Å². The molecule has 0 aliphatic carbocycles. The summed E-state index contributed by atoms with van der Waals surface area (Å²) in [7, 11) is 3.23. The van der Waals surface area contributed by atoms with Crippen molar-refractivity contribution in [3.05, 3.63) is 29.3 Å². The molecule has 7 heteroatoms. The number of piperidine rings is 1. The Balaban J connectivity index is 1.49. The zero-order valence-corrected chi connectivity index (χ0v) is 18.4. The number of carbonyl (C=O) groups is 1. The van der Waals surface area contributed by atoms with Crippen LogP contribution in [0.5, 0.6) is 11.5 Å². The molecule has 29 heavy (non-hydrogen) atoms. The van der Waals surface area contributed by atoms with Gasteiger partial charge in [0.15, 0.2) is 11.5 Å². The summed E-state index contributed by atoms with van der Waals surface area (Å²) in [6, 6.07) is 5.72. The maximum atomic E-state index is 12.3. The molecule has 1 amide bonds. The number of likely N-dealkylation sites (tertiary alicyclic amines) is 1. The minimum absolute atomic E-state index is 0.0275. The molecule has 158 valence electrons. The Kier molecular flexibility index (Phi) is 7.89. The summed E-state index contributed by atoms with van der Waals surface area (Å²) in [6.45, 7) is 6.35. The van der Waals surface area contributed by atoms with Gasteiger partial charge in [-0.3, -0.25) is 4.79 Å². The normalized spacial score (nSPS) is 15.7. The third-order valence-corrected chi connectivity index (χ3v) is 6.13. The number of carbonyl (C=O) groups excluding carboxylic acids is 1. The summed E-state index contributed by atoms with van der Waals surface area (Å²) in [5.74, 6) is 1.84. The van der Waals surface area contributed by atoms with E-state index in [-0.39, 0.29) is 5.91 Å². The number of ether oxygens (including phenoxy) is 2. The highest BCUT2D eigenvalue weighted by molar-refractivity contribution is 7.13. The van der Waals surface area contributed by atoms with Gasteiger partial charge in [0.2, 0.25) is 5.91 Å². The molecule has 1 atom stereocenters. The van der Waals surface area contributed by atoms with Gasteiger partial charge in [0.1, 0.15) is 5.01 Å². The number of amides is 1. The average Bonchev–Trinajstić information content (AvgIpc) is 3.21. The van der Waals surface area contributed by atoms with E-state index in [1.54, 1.807) is 14.2 Å². The van der Waals surface area contributed by atoms with E-state index in [9.17, 15) is 4.79 Å². The van der Waals surface area contributed by atoms with Gasteiger partial charge in [0.25, 0.3) is 0 Å². The van der Waals surface area contributed by atoms with Crippen molar-refractivity contribution in [2.45, 2.75) is 32.6 Å². The van der Waals surface area contributed by atoms with E-state index in [4.69, 9.17) is 9.47 Å². The van der Waals surface area contributed by atoms with Gasteiger partial charge in [-0.1, -0.05) is 13.3 Å². The van der Waals surface area contributed by atoms with Gasteiger partial charge in [-0.15, -0.1) is 11.3 Å². The molecule has 1 saturated heterocycles. The van der Waals surface area contributed by atoms with Gasteiger partial charge in [-0.2, -0.15) is 0 Å². The quantitative estimate of drug-likeness (QED) is 0.675. The maximum absolute atomic E-state index is 12.3. The fourth-order valence-corrected chi connectivity index (χ4v) is 4.47. The molecular weight excluding hydrogens is 386 g/mol. The number of nitrogens with zero attached hydrogens (tertiary/aromatic N) is 2. The Labute approximate surface area is 177 Å². The summed E-state index contributed by atoms with van der Waals surface area (Å²) in [5.41, 5.74) is 1.75. The summed E-state index contributed by atoms with van der Waals surface area (Å²) >= 11 is 1.53. The van der Waals surface area contributed by atoms with Crippen molar-refractivity contribution in [1.82, 2.24) is 15.2 Å². The van der Waals surface area contributed by atoms with Gasteiger partial charge in [-0.05, 0) is 50.0 Å². The molecule has 2 heterocycles. The SMILES string of the molecule is COc1ccc(-c2nc(CC(=O)NCC(C)CN3CCCCC3)cs2)cc1OC. The monoisotopic (exact) mass is 417 g/mol. The first-order valence-corrected chi connectivity index (χ1v) is 11.1. The molecule has 0 spiro atoms. The second-order valence-corrected chi connectivity index (χ2v) is 8.52. The van der Waals surface area contributed by atoms with Crippen LogP contribution in [-0.4, -0.2) is 56.2 Å². The van der Waals surface area contributed by atoms with Crippen molar-refractivity contribution < 1.29 is 14.3 Å². The number of hydrogen-bond donors (Lipinski definition) is 1. The van der Waals surface area contributed by atoms with Gasteiger partial charge >= 0.3 is 0 Å². The van der Waals surface area contributed by atoms with Crippen LogP contribution in [0.2, 0.25) is 0 Å². The molecule has 1 aliphatic heterocycles. The molecule has 3 rings (SSSR count). The van der Waals surface area contributed by atoms with E-state index >= 15 is 0 Å². The van der Waals surface area contributed by atoms with Crippen LogP contribution in [0.4, 0.5) is 0 Å². The van der Waals surface area contributed by atoms with E-state index in [0.717, 1.165) is 22.8 Å². The van der Waals surface area contributed by atoms with Crippen LogP contribution in [0.15, 0.2) is 23.6 Å². The Morgan fingerprint density at radius 1 is 1.21 bits per heavy atom. The smallest absolute Gasteiger partial charge is 0.226 e. The molecule has 0 radical (unpaired) electrons. The zero-order chi connectivity index (χ0) is 20.6. The Bertz CT molecular complexity index is 802. The number of nitrogens with one attached hydrogen (secondary N) is 1. The van der Waals surface area contributed by atoms with Crippen molar-refractivity contribution in [3.8, 4) is 22.1 Å². The second kappa shape index (κ2) is 10.6. The van der Waals surface area contributed by atoms with Gasteiger partial charge in [-0.25, -0.2) is 4.98 Å². The van der Waals surface area contributed by atoms with Crippen molar-refractivity contribution in [2.24, 2.45) is 5.92 Å². The Hall–Kier alpha value is -2.12. The molecule has 0 saturated carbocycles. The van der Waals surface area contributed by atoms with Gasteiger partial charge < -0.3 is 19.7 Å². The lowest BCUT2D eigenvalue weighted by Crippen LogP contribution is -2.38. The number of aromatic nitrogens is 1. The highest BCUT2D eigenvalue weighted by Crippen LogP contribution is 2.33. The van der Waals surface area contributed by atoms with E-state index in [2.05, 4.69) is 22.1 Å². The molecule has 1 N–H and O–H groups in total. The summed E-state index contributed by atoms with van der Waals surface area (Å²) in [4.78, 5) is 19.5. The van der Waals surface area contributed by atoms with Crippen LogP contribution >= 0.6 is 11.3 Å². The maximum Gasteiger partial charge on any atom is 0.226 e. The molecule has 1 unspecified atom stereocenters. The lowest BCUT2D eigenvalue weighted by atomic mass is 10.1. The first-order chi connectivity index (χ1) is 14.1. The molecular formula is C22H31N3O3S. The number of hydrogen-bond acceptors (Lipinski definition) is 6. The molecule has 1 fully saturated rings. The van der Waals surface area contributed by atoms with Crippen LogP contribution in [0.1, 0.15) is 31.9 Å². The van der Waals surface area contributed by atoms with Crippen molar-refractivity contribution in [2.75, 3.05) is 40.4 Å². The van der Waals surface area contributed by atoms with Crippen LogP contribution in [0.3, 0.4) is 0 Å². The minimum atomic E-state index is 0.0275. The number of rotatable bonds is 9. The van der Waals surface area contributed by atoms with Crippen LogP contribution in [0.25, 0.3) is 10.6 Å². The predicted molar refractivity (Wildman–Crippen MR) is 117 cm³/mol. The van der Waals surface area contributed by atoms with Crippen molar-refractivity contribution in [1.29, 1.82) is 0 Å². The van der Waals surface area contributed by atoms with E-state index in [1.165, 1.54) is 43.7 Å². The fourth-order valence-electron chi connectivity index (χ4n) is 3.65. The lowest BCUT2D eigenvalue weighted by molar-refractivity contribution is -0.120. The van der Waals surface area contributed by atoms with Crippen molar-refractivity contribution in [3.63, 3.8) is 0 Å². The first-order valence-electron chi connectivity index (χ1n) is 10.2. The summed E-state index contributed by atoms with van der Waals surface area (Å²) in [6.07, 6.45) is 4.25. The van der Waals surface area contributed by atoms with Gasteiger partial charge in [0, 0.05) is 24.0 Å². The molecule has 0 bridgehead atoms. The summed E-state index contributed by atoms with van der Waals surface area (Å²) in [5, 5.41) is 5.88. The largest absolute Gasteiger partial charge is 0.493 e. The average molecular weight is 418 g/mol. The predicted octanol–water partition coefficient (Wildman–Crippen LogP) is 3.61. The fraction of sp³-hybridized carbons (Fsp3) is 0.545. The topological polar surface area (TPSA) is 63.7 Å². The third kappa shape index (κ3) is 6.18. The molecule has 1 aromatic carbocycles. The third-order valence-electron chi connectivity index (χ3n) is 5.19. The standard InChI is InChI=1S/C22H31N3O3S/c1-16(14-25-9-5-4-6-10-25)13-23-21(26)12-18-15-29-22(24-18)17-7-8-19(27-2)20(11-17)28-3/h7-8,11,15-16H,4-6,9-10,12-14H2,1-3H3,(H,23,26). The zero-order valence-electron chi connectivity index (χ0n) is 17.6. The number of thiazole rings is 1. The van der Waals surface area contributed by atoms with Crippen LogP contribution < -0.4 is 14.8 Å². The lowest BCUT2D eigenvalue weighted by Gasteiger charge is -2.29. The highest BCUT2D eigenvalue weighted by Gasteiger charge is 2.15. The minimum Gasteiger partial charge on any atom is -0.493 e. The van der Waals surface area contributed by atoms with Crippen LogP contribution in [-0.2, 0) is 11.2 Å². The molecule has 1 aromatic heterocycles. The Morgan fingerprint density at radius 2 is 1.97 bits per heavy atom. The molecule has 1 aliphatic rings. The van der Waals surface area contributed by atoms with E-state index < -0.39 is 0 Å². The first kappa shape index (κ1) is 21.6. The Morgan fingerprint density at radius 3 is 2.69 bits per heavy atom. The highest BCUT2D eigenvalue weighted by atomic mass is 32.1. The summed E-state index contributed by atoms with van der Waals surface area (Å²) < 4.78 is 10.6. The molecule has 2 aromatic rings. The van der Waals surface area contributed by atoms with Crippen molar-refractivity contribution >= 4 is 17.2 Å². The van der Waals surface area contributed by atoms with E-state index in [1.807, 2.05) is 23.6 Å². The number of methoxy groups -OCH3 is 2. The van der Waals surface area contributed by atoms with Gasteiger partial charge in [0.05, 0.1) is 26.3 Å². The van der Waals surface area contributed by atoms with E-state index in [0.29, 0.717) is 30.4 Å². The number of benzene rings is 1. The molecule has 6 nitrogen and oxygen atoms in total. The second-order valence-electron chi connectivity index (χ2n) is 7.66.